The number of carbonyl (C=O) groups excluding carboxylic acids is 2. The molecule has 0 amide bonds. The highest BCUT2D eigenvalue weighted by atomic mass is 127. The van der Waals surface area contributed by atoms with Crippen LogP contribution in [0.4, 0.5) is 0 Å². The van der Waals surface area contributed by atoms with Gasteiger partial charge in [0.15, 0.2) is 11.4 Å². The average Bonchev–Trinajstić information content (AvgIpc) is 3.12. The maximum atomic E-state index is 12.5. The third-order valence-electron chi connectivity index (χ3n) is 4.80. The first-order valence-electron chi connectivity index (χ1n) is 9.78. The molecule has 3 aromatic rings. The van der Waals surface area contributed by atoms with E-state index in [9.17, 15) is 9.59 Å². The van der Waals surface area contributed by atoms with Crippen molar-refractivity contribution in [2.24, 2.45) is 4.99 Å². The minimum absolute atomic E-state index is 0.185. The number of halogens is 3. The van der Waals surface area contributed by atoms with Crippen LogP contribution in [0, 0.1) is 17.4 Å². The molecule has 0 N–H and O–H groups in total. The Kier molecular flexibility index (Phi) is 7.16. The van der Waals surface area contributed by atoms with Crippen LogP contribution < -0.4 is 4.74 Å². The number of benzene rings is 3. The Labute approximate surface area is 221 Å². The summed E-state index contributed by atoms with van der Waals surface area (Å²) in [6, 6.07) is 16.4. The van der Waals surface area contributed by atoms with Crippen LogP contribution in [0.5, 0.6) is 5.75 Å². The second-order valence-electron chi connectivity index (χ2n) is 7.37. The van der Waals surface area contributed by atoms with E-state index >= 15 is 0 Å². The Bertz CT molecular complexity index is 1340. The van der Waals surface area contributed by atoms with Gasteiger partial charge in [-0.25, -0.2) is 14.6 Å². The molecular formula is C25H16Br2INO4. The van der Waals surface area contributed by atoms with Crippen LogP contribution >= 0.6 is 54.5 Å². The number of hydrogen-bond donors (Lipinski definition) is 0. The summed E-state index contributed by atoms with van der Waals surface area (Å²) in [6.07, 6.45) is 1.62. The number of aliphatic imine (C=N–C) groups is 1. The van der Waals surface area contributed by atoms with E-state index < -0.39 is 11.9 Å². The van der Waals surface area contributed by atoms with Crippen molar-refractivity contribution in [3.63, 3.8) is 0 Å². The summed E-state index contributed by atoms with van der Waals surface area (Å²) in [5.74, 6) is -0.375. The predicted molar refractivity (Wildman–Crippen MR) is 142 cm³/mol. The number of nitrogens with zero attached hydrogens (tertiary/aromatic N) is 1. The lowest BCUT2D eigenvalue weighted by molar-refractivity contribution is -0.129. The summed E-state index contributed by atoms with van der Waals surface area (Å²) >= 11 is 9.15. The van der Waals surface area contributed by atoms with Gasteiger partial charge in [0.25, 0.3) is 0 Å². The predicted octanol–water partition coefficient (Wildman–Crippen LogP) is 7.00. The van der Waals surface area contributed by atoms with E-state index in [0.717, 1.165) is 20.3 Å². The number of aryl methyl sites for hydroxylation is 2. The van der Waals surface area contributed by atoms with E-state index in [1.54, 1.807) is 36.4 Å². The first kappa shape index (κ1) is 23.8. The van der Waals surface area contributed by atoms with Gasteiger partial charge in [0, 0.05) is 9.13 Å². The molecule has 0 radical (unpaired) electrons. The van der Waals surface area contributed by atoms with Crippen molar-refractivity contribution in [3.8, 4) is 5.75 Å². The molecule has 0 saturated heterocycles. The number of ether oxygens (including phenoxy) is 2. The third-order valence-corrected chi connectivity index (χ3v) is 7.19. The van der Waals surface area contributed by atoms with E-state index in [2.05, 4.69) is 59.4 Å². The number of carbonyl (C=O) groups is 2. The smallest absolute Gasteiger partial charge is 0.363 e. The molecule has 8 heteroatoms. The van der Waals surface area contributed by atoms with Gasteiger partial charge in [-0.15, -0.1) is 0 Å². The van der Waals surface area contributed by atoms with E-state index in [-0.39, 0.29) is 11.6 Å². The summed E-state index contributed by atoms with van der Waals surface area (Å²) < 4.78 is 13.2. The lowest BCUT2D eigenvalue weighted by Gasteiger charge is -2.10. The number of rotatable bonds is 4. The zero-order valence-electron chi connectivity index (χ0n) is 17.5. The van der Waals surface area contributed by atoms with Gasteiger partial charge in [0.2, 0.25) is 5.90 Å². The Morgan fingerprint density at radius 1 is 1.06 bits per heavy atom. The van der Waals surface area contributed by atoms with Gasteiger partial charge in [0.1, 0.15) is 0 Å². The lowest BCUT2D eigenvalue weighted by Crippen LogP contribution is -2.09. The largest absolute Gasteiger partial charge is 0.421 e. The summed E-state index contributed by atoms with van der Waals surface area (Å²) in [6.45, 7) is 3.90. The van der Waals surface area contributed by atoms with E-state index in [1.807, 2.05) is 38.1 Å². The number of esters is 2. The second-order valence-corrected chi connectivity index (χ2v) is 10.2. The molecule has 0 fully saturated rings. The fourth-order valence-electron chi connectivity index (χ4n) is 3.15. The molecule has 0 unspecified atom stereocenters. The fraction of sp³-hybridized carbons (Fsp3) is 0.0800. The second kappa shape index (κ2) is 9.90. The van der Waals surface area contributed by atoms with Gasteiger partial charge in [-0.1, -0.05) is 17.7 Å². The molecule has 0 spiro atoms. The molecule has 0 atom stereocenters. The van der Waals surface area contributed by atoms with Gasteiger partial charge in [-0.05, 0) is 128 Å². The van der Waals surface area contributed by atoms with Crippen molar-refractivity contribution < 1.29 is 19.1 Å². The van der Waals surface area contributed by atoms with Crippen LogP contribution in [0.2, 0.25) is 0 Å². The van der Waals surface area contributed by atoms with Crippen LogP contribution in [0.15, 0.2) is 74.2 Å². The average molecular weight is 681 g/mol. The third kappa shape index (κ3) is 5.44. The van der Waals surface area contributed by atoms with Crippen LogP contribution in [0.1, 0.15) is 32.6 Å². The Hall–Kier alpha value is -2.30. The maximum Gasteiger partial charge on any atom is 0.363 e. The molecule has 0 bridgehead atoms. The molecule has 1 aliphatic rings. The van der Waals surface area contributed by atoms with E-state index in [4.69, 9.17) is 9.47 Å². The van der Waals surface area contributed by atoms with E-state index in [1.165, 1.54) is 0 Å². The first-order valence-corrected chi connectivity index (χ1v) is 12.4. The highest BCUT2D eigenvalue weighted by Gasteiger charge is 2.25. The molecular weight excluding hydrogens is 665 g/mol. The number of cyclic esters (lactones) is 1. The van der Waals surface area contributed by atoms with Gasteiger partial charge in [-0.2, -0.15) is 0 Å². The Balaban J connectivity index is 1.60. The Morgan fingerprint density at radius 2 is 1.79 bits per heavy atom. The molecule has 1 heterocycles. The molecule has 0 saturated carbocycles. The van der Waals surface area contributed by atoms with Gasteiger partial charge in [-0.3, -0.25) is 0 Å². The van der Waals surface area contributed by atoms with Crippen molar-refractivity contribution in [1.29, 1.82) is 0 Å². The lowest BCUT2D eigenvalue weighted by atomic mass is 10.1. The first-order chi connectivity index (χ1) is 15.7. The van der Waals surface area contributed by atoms with Crippen LogP contribution in [-0.2, 0) is 9.53 Å². The van der Waals surface area contributed by atoms with Crippen LogP contribution in [0.25, 0.3) is 6.08 Å². The summed E-state index contributed by atoms with van der Waals surface area (Å²) in [5.41, 5.74) is 4.11. The zero-order valence-corrected chi connectivity index (χ0v) is 22.8. The van der Waals surface area contributed by atoms with Gasteiger partial charge in [0.05, 0.1) is 14.5 Å². The maximum absolute atomic E-state index is 12.5. The van der Waals surface area contributed by atoms with Crippen LogP contribution in [-0.4, -0.2) is 17.8 Å². The normalized spacial score (nSPS) is 14.3. The number of hydrogen-bond acceptors (Lipinski definition) is 5. The molecule has 3 aromatic carbocycles. The highest BCUT2D eigenvalue weighted by Crippen LogP contribution is 2.36. The van der Waals surface area contributed by atoms with Crippen molar-refractivity contribution in [2.45, 2.75) is 13.8 Å². The van der Waals surface area contributed by atoms with Crippen LogP contribution in [0.3, 0.4) is 0 Å². The molecule has 4 rings (SSSR count). The van der Waals surface area contributed by atoms with Crippen molar-refractivity contribution in [2.75, 3.05) is 0 Å². The topological polar surface area (TPSA) is 65.0 Å². The standard InChI is InChI=1S/C25H16Br2INO4/c1-13-4-3-5-17(8-13)24(30)32-22-18(26)10-15(11-19(22)27)12-21-25(31)33-23(29-21)16-6-7-20(28)14(2)9-16/h3-12H,1-2H3/b21-12-. The SMILES string of the molecule is Cc1cccc(C(=O)Oc2c(Br)cc(/C=C3\N=C(c4ccc(I)c(C)c4)OC3=O)cc2Br)c1. The van der Waals surface area contributed by atoms with Crippen molar-refractivity contribution >= 4 is 78.4 Å². The minimum Gasteiger partial charge on any atom is -0.421 e. The molecule has 5 nitrogen and oxygen atoms in total. The molecule has 1 aliphatic heterocycles. The summed E-state index contributed by atoms with van der Waals surface area (Å²) in [7, 11) is 0. The van der Waals surface area contributed by atoms with Crippen molar-refractivity contribution in [1.82, 2.24) is 0 Å². The summed E-state index contributed by atoms with van der Waals surface area (Å²) in [4.78, 5) is 29.3. The summed E-state index contributed by atoms with van der Waals surface area (Å²) in [5, 5.41) is 0. The molecule has 33 heavy (non-hydrogen) atoms. The molecule has 166 valence electrons. The Morgan fingerprint density at radius 3 is 2.45 bits per heavy atom. The fourth-order valence-corrected chi connectivity index (χ4v) is 4.87. The molecule has 0 aliphatic carbocycles. The van der Waals surface area contributed by atoms with Gasteiger partial charge < -0.3 is 9.47 Å². The zero-order chi connectivity index (χ0) is 23.7. The monoisotopic (exact) mass is 679 g/mol. The van der Waals surface area contributed by atoms with Crippen molar-refractivity contribution in [3.05, 3.63) is 101 Å². The van der Waals surface area contributed by atoms with E-state index in [0.29, 0.717) is 25.8 Å². The quantitative estimate of drug-likeness (QED) is 0.129. The molecule has 0 aromatic heterocycles. The van der Waals surface area contributed by atoms with Gasteiger partial charge >= 0.3 is 11.9 Å². The minimum atomic E-state index is -0.525. The highest BCUT2D eigenvalue weighted by molar-refractivity contribution is 14.1.